The average Bonchev–Trinajstić information content (AvgIpc) is 2.65. The summed E-state index contributed by atoms with van der Waals surface area (Å²) in [4.78, 5) is 0. The Hall–Kier alpha value is 1.12. The molecule has 1 nitrogen and oxygen atoms in total. The highest BCUT2D eigenvalue weighted by Gasteiger charge is 2.15. The molecule has 0 aromatic rings. The van der Waals surface area contributed by atoms with Crippen molar-refractivity contribution in [3.63, 3.8) is 0 Å². The van der Waals surface area contributed by atoms with Gasteiger partial charge in [0.1, 0.15) is 0 Å². The Balaban J connectivity index is -0.00000312. The highest BCUT2D eigenvalue weighted by molar-refractivity contribution is 7.58. The molecular formula is C25H57INP. The predicted molar refractivity (Wildman–Crippen MR) is 132 cm³/mol. The molecule has 0 rings (SSSR count). The van der Waals surface area contributed by atoms with Gasteiger partial charge in [-0.15, -0.1) is 7.92 Å². The van der Waals surface area contributed by atoms with Gasteiger partial charge in [0.15, 0.2) is 0 Å². The van der Waals surface area contributed by atoms with Gasteiger partial charge in [0.2, 0.25) is 0 Å². The van der Waals surface area contributed by atoms with Gasteiger partial charge >= 0.3 is 0 Å². The largest absolute Gasteiger partial charge is 1.00 e. The maximum atomic E-state index is 2.60. The van der Waals surface area contributed by atoms with Crippen molar-refractivity contribution in [3.05, 3.63) is 0 Å². The SMILES string of the molecule is CCCCCCCCP(CCCCCCCC)C(C)CCCCCCC.[I-].[NH4+]. The molecular weight excluding hydrogens is 472 g/mol. The van der Waals surface area contributed by atoms with Crippen LogP contribution in [0.4, 0.5) is 0 Å². The molecule has 0 bridgehead atoms. The molecule has 0 aliphatic carbocycles. The Morgan fingerprint density at radius 2 is 0.821 bits per heavy atom. The number of hydrogen-bond acceptors (Lipinski definition) is 0. The molecule has 0 amide bonds. The lowest BCUT2D eigenvalue weighted by Gasteiger charge is -2.25. The molecule has 28 heavy (non-hydrogen) atoms. The van der Waals surface area contributed by atoms with E-state index in [9.17, 15) is 0 Å². The first-order chi connectivity index (χ1) is 12.8. The maximum Gasteiger partial charge on any atom is -0.0238 e. The molecule has 3 heteroatoms. The lowest BCUT2D eigenvalue weighted by Crippen LogP contribution is -3.00. The van der Waals surface area contributed by atoms with E-state index in [2.05, 4.69) is 27.7 Å². The summed E-state index contributed by atoms with van der Waals surface area (Å²) in [6.07, 6.45) is 29.5. The van der Waals surface area contributed by atoms with Gasteiger partial charge in [0, 0.05) is 0 Å². The van der Waals surface area contributed by atoms with Crippen molar-refractivity contribution in [2.75, 3.05) is 12.3 Å². The third-order valence-electron chi connectivity index (χ3n) is 5.95. The van der Waals surface area contributed by atoms with Crippen LogP contribution >= 0.6 is 7.92 Å². The number of halogens is 1. The fraction of sp³-hybridized carbons (Fsp3) is 1.00. The minimum Gasteiger partial charge on any atom is -1.00 e. The van der Waals surface area contributed by atoms with Crippen molar-refractivity contribution in [1.29, 1.82) is 0 Å². The summed E-state index contributed by atoms with van der Waals surface area (Å²) < 4.78 is 0. The van der Waals surface area contributed by atoms with Gasteiger partial charge in [-0.1, -0.05) is 124 Å². The first kappa shape index (κ1) is 33.8. The summed E-state index contributed by atoms with van der Waals surface area (Å²) >= 11 is 0. The Kier molecular flexibility index (Phi) is 33.9. The summed E-state index contributed by atoms with van der Waals surface area (Å²) in [5, 5.41) is 0. The van der Waals surface area contributed by atoms with Crippen LogP contribution in [0.2, 0.25) is 0 Å². The van der Waals surface area contributed by atoms with Crippen LogP contribution in [0.3, 0.4) is 0 Å². The summed E-state index contributed by atoms with van der Waals surface area (Å²) in [5.41, 5.74) is 1.03. The van der Waals surface area contributed by atoms with E-state index in [0.29, 0.717) is 7.92 Å². The van der Waals surface area contributed by atoms with Crippen molar-refractivity contribution in [1.82, 2.24) is 6.15 Å². The molecule has 0 spiro atoms. The molecule has 0 saturated heterocycles. The van der Waals surface area contributed by atoms with Crippen LogP contribution in [0.25, 0.3) is 0 Å². The lowest BCUT2D eigenvalue weighted by molar-refractivity contribution is -0.00000638. The van der Waals surface area contributed by atoms with Crippen molar-refractivity contribution in [2.45, 2.75) is 149 Å². The molecule has 0 aliphatic heterocycles. The lowest BCUT2D eigenvalue weighted by atomic mass is 10.1. The quantitative estimate of drug-likeness (QED) is 0.0919. The Labute approximate surface area is 198 Å². The van der Waals surface area contributed by atoms with Crippen LogP contribution in [-0.4, -0.2) is 18.0 Å². The minimum atomic E-state index is 0. The van der Waals surface area contributed by atoms with E-state index in [0.717, 1.165) is 5.66 Å². The molecule has 0 fully saturated rings. The van der Waals surface area contributed by atoms with Crippen molar-refractivity contribution in [2.24, 2.45) is 0 Å². The number of hydrogen-bond donors (Lipinski definition) is 1. The Morgan fingerprint density at radius 1 is 0.500 bits per heavy atom. The molecule has 4 N–H and O–H groups in total. The highest BCUT2D eigenvalue weighted by Crippen LogP contribution is 2.45. The van der Waals surface area contributed by atoms with E-state index >= 15 is 0 Å². The van der Waals surface area contributed by atoms with Gasteiger partial charge in [-0.2, -0.15) is 0 Å². The van der Waals surface area contributed by atoms with Gasteiger partial charge in [0.25, 0.3) is 0 Å². The highest BCUT2D eigenvalue weighted by atomic mass is 127. The third-order valence-corrected chi connectivity index (χ3v) is 9.23. The Morgan fingerprint density at radius 3 is 1.21 bits per heavy atom. The van der Waals surface area contributed by atoms with E-state index in [1.807, 2.05) is 0 Å². The topological polar surface area (TPSA) is 36.5 Å². The third kappa shape index (κ3) is 23.4. The van der Waals surface area contributed by atoms with Crippen molar-refractivity contribution in [3.8, 4) is 0 Å². The summed E-state index contributed by atoms with van der Waals surface area (Å²) in [7, 11) is 0.305. The fourth-order valence-corrected chi connectivity index (χ4v) is 6.88. The normalized spacial score (nSPS) is 11.9. The Bertz CT molecular complexity index is 247. The summed E-state index contributed by atoms with van der Waals surface area (Å²) in [5.74, 6) is 0. The number of rotatable bonds is 21. The molecule has 0 aromatic carbocycles. The first-order valence-electron chi connectivity index (χ1n) is 12.5. The van der Waals surface area contributed by atoms with Crippen LogP contribution in [-0.2, 0) is 0 Å². The monoisotopic (exact) mass is 529 g/mol. The fourth-order valence-electron chi connectivity index (χ4n) is 3.97. The second-order valence-corrected chi connectivity index (χ2v) is 11.6. The summed E-state index contributed by atoms with van der Waals surface area (Å²) in [6.45, 7) is 9.56. The molecule has 174 valence electrons. The van der Waals surface area contributed by atoms with Crippen LogP contribution in [0.15, 0.2) is 0 Å². The predicted octanol–water partition coefficient (Wildman–Crippen LogP) is 7.32. The van der Waals surface area contributed by atoms with E-state index < -0.39 is 0 Å². The number of quaternary nitrogens is 1. The zero-order valence-corrected chi connectivity index (χ0v) is 23.6. The van der Waals surface area contributed by atoms with Gasteiger partial charge in [-0.25, -0.2) is 0 Å². The molecule has 0 aromatic heterocycles. The molecule has 1 unspecified atom stereocenters. The smallest absolute Gasteiger partial charge is 0.0238 e. The molecule has 0 heterocycles. The molecule has 0 radical (unpaired) electrons. The van der Waals surface area contributed by atoms with Gasteiger partial charge in [-0.3, -0.25) is 0 Å². The van der Waals surface area contributed by atoms with Crippen LogP contribution in [0.1, 0.15) is 143 Å². The average molecular weight is 530 g/mol. The van der Waals surface area contributed by atoms with Gasteiger partial charge in [0.05, 0.1) is 0 Å². The van der Waals surface area contributed by atoms with Crippen molar-refractivity contribution >= 4 is 7.92 Å². The second kappa shape index (κ2) is 28.1. The van der Waals surface area contributed by atoms with Crippen LogP contribution < -0.4 is 30.1 Å². The summed E-state index contributed by atoms with van der Waals surface area (Å²) in [6, 6.07) is 0. The van der Waals surface area contributed by atoms with E-state index in [4.69, 9.17) is 0 Å². The standard InChI is InChI=1S/C25H53P.HI.H3N/c1-5-8-11-14-17-20-23-26(24-21-18-15-12-9-6-2)25(4)22-19-16-13-10-7-3;;/h25H,5-24H2,1-4H3;1H;1H3. The van der Waals surface area contributed by atoms with Gasteiger partial charge in [-0.05, 0) is 37.2 Å². The van der Waals surface area contributed by atoms with E-state index in [-0.39, 0.29) is 30.1 Å². The number of unbranched alkanes of at least 4 members (excludes halogenated alkanes) is 14. The van der Waals surface area contributed by atoms with Crippen molar-refractivity contribution < 1.29 is 24.0 Å². The van der Waals surface area contributed by atoms with Crippen LogP contribution in [0, 0.1) is 0 Å². The van der Waals surface area contributed by atoms with E-state index in [1.165, 1.54) is 116 Å². The first-order valence-corrected chi connectivity index (χ1v) is 14.3. The van der Waals surface area contributed by atoms with Crippen LogP contribution in [0.5, 0.6) is 0 Å². The zero-order valence-electron chi connectivity index (χ0n) is 20.5. The second-order valence-electron chi connectivity index (χ2n) is 8.62. The van der Waals surface area contributed by atoms with E-state index in [1.54, 1.807) is 12.3 Å². The zero-order chi connectivity index (χ0) is 19.3. The molecule has 0 aliphatic rings. The molecule has 1 atom stereocenters. The van der Waals surface area contributed by atoms with Gasteiger partial charge < -0.3 is 30.1 Å². The minimum absolute atomic E-state index is 0. The maximum absolute atomic E-state index is 2.60. The molecule has 0 saturated carbocycles.